The zero-order chi connectivity index (χ0) is 14.4. The first kappa shape index (κ1) is 14.6. The summed E-state index contributed by atoms with van der Waals surface area (Å²) < 4.78 is 5.55. The van der Waals surface area contributed by atoms with Gasteiger partial charge >= 0.3 is 5.97 Å². The maximum absolute atomic E-state index is 12.3. The molecule has 106 valence electrons. The Kier molecular flexibility index (Phi) is 5.16. The van der Waals surface area contributed by atoms with E-state index in [4.69, 9.17) is 4.74 Å². The summed E-state index contributed by atoms with van der Waals surface area (Å²) in [5.41, 5.74) is 0.658. The van der Waals surface area contributed by atoms with Crippen LogP contribution in [0.2, 0.25) is 0 Å². The Labute approximate surface area is 120 Å². The average Bonchev–Trinajstić information content (AvgIpc) is 2.47. The van der Waals surface area contributed by atoms with Gasteiger partial charge in [0.1, 0.15) is 0 Å². The number of ether oxygens (including phenoxy) is 1. The molecular weight excluding hydrogens is 248 g/mol. The predicted molar refractivity (Wildman–Crippen MR) is 83.0 cm³/mol. The Hall–Kier alpha value is -1.83. The van der Waals surface area contributed by atoms with Crippen molar-refractivity contribution in [3.05, 3.63) is 48.0 Å². The van der Waals surface area contributed by atoms with E-state index < -0.39 is 0 Å². The van der Waals surface area contributed by atoms with Crippen LogP contribution in [0.4, 0.5) is 0 Å². The summed E-state index contributed by atoms with van der Waals surface area (Å²) in [6.45, 7) is 4.14. The predicted octanol–water partition coefficient (Wildman–Crippen LogP) is 4.97. The molecule has 2 aromatic rings. The molecule has 0 radical (unpaired) electrons. The lowest BCUT2D eigenvalue weighted by atomic mass is 10.0. The van der Waals surface area contributed by atoms with Crippen LogP contribution in [0, 0.1) is 0 Å². The molecule has 0 spiro atoms. The van der Waals surface area contributed by atoms with E-state index in [0.29, 0.717) is 5.56 Å². The molecule has 0 bridgehead atoms. The van der Waals surface area contributed by atoms with Crippen LogP contribution in [0.3, 0.4) is 0 Å². The number of carbonyl (C=O) groups excluding carboxylic acids is 1. The summed E-state index contributed by atoms with van der Waals surface area (Å²) in [6.07, 6.45) is 4.40. The quantitative estimate of drug-likeness (QED) is 0.547. The molecule has 0 saturated carbocycles. The van der Waals surface area contributed by atoms with E-state index in [2.05, 4.69) is 6.92 Å². The van der Waals surface area contributed by atoms with Crippen molar-refractivity contribution in [2.45, 2.75) is 45.6 Å². The van der Waals surface area contributed by atoms with E-state index in [1.807, 2.05) is 49.4 Å². The van der Waals surface area contributed by atoms with Crippen molar-refractivity contribution < 1.29 is 9.53 Å². The van der Waals surface area contributed by atoms with Gasteiger partial charge in [0.15, 0.2) is 0 Å². The molecule has 0 amide bonds. The second-order valence-corrected chi connectivity index (χ2v) is 5.24. The van der Waals surface area contributed by atoms with Crippen LogP contribution in [0.25, 0.3) is 10.8 Å². The summed E-state index contributed by atoms with van der Waals surface area (Å²) in [6, 6.07) is 13.7. The molecule has 0 unspecified atom stereocenters. The Balaban J connectivity index is 2.08. The number of carbonyl (C=O) groups is 1. The third-order valence-corrected chi connectivity index (χ3v) is 3.53. The zero-order valence-electron chi connectivity index (χ0n) is 12.3. The van der Waals surface area contributed by atoms with Crippen molar-refractivity contribution in [3.63, 3.8) is 0 Å². The van der Waals surface area contributed by atoms with Crippen LogP contribution in [0.5, 0.6) is 0 Å². The van der Waals surface area contributed by atoms with Gasteiger partial charge in [0.05, 0.1) is 11.7 Å². The van der Waals surface area contributed by atoms with E-state index in [-0.39, 0.29) is 12.1 Å². The SMILES string of the molecule is CCCCC[C@@H](C)OC(=O)c1cccc2ccccc12. The van der Waals surface area contributed by atoms with E-state index in [1.165, 1.54) is 12.8 Å². The fourth-order valence-electron chi connectivity index (χ4n) is 2.39. The molecule has 2 aromatic carbocycles. The summed E-state index contributed by atoms with van der Waals surface area (Å²) in [7, 11) is 0. The van der Waals surface area contributed by atoms with Crippen LogP contribution in [-0.2, 0) is 4.74 Å². The fraction of sp³-hybridized carbons (Fsp3) is 0.389. The second-order valence-electron chi connectivity index (χ2n) is 5.24. The van der Waals surface area contributed by atoms with Gasteiger partial charge in [0, 0.05) is 0 Å². The number of benzene rings is 2. The summed E-state index contributed by atoms with van der Waals surface area (Å²) >= 11 is 0. The molecule has 0 aromatic heterocycles. The van der Waals surface area contributed by atoms with E-state index in [1.54, 1.807) is 0 Å². The van der Waals surface area contributed by atoms with Crippen LogP contribution in [-0.4, -0.2) is 12.1 Å². The first-order valence-corrected chi connectivity index (χ1v) is 7.41. The van der Waals surface area contributed by atoms with Crippen molar-refractivity contribution in [2.75, 3.05) is 0 Å². The molecule has 20 heavy (non-hydrogen) atoms. The highest BCUT2D eigenvalue weighted by atomic mass is 16.5. The van der Waals surface area contributed by atoms with Crippen molar-refractivity contribution in [1.82, 2.24) is 0 Å². The molecule has 1 atom stereocenters. The average molecular weight is 270 g/mol. The summed E-state index contributed by atoms with van der Waals surface area (Å²) in [5, 5.41) is 2.03. The molecule has 0 aliphatic carbocycles. The lowest BCUT2D eigenvalue weighted by Crippen LogP contribution is -2.15. The van der Waals surface area contributed by atoms with Gasteiger partial charge in [-0.1, -0.05) is 56.2 Å². The van der Waals surface area contributed by atoms with Crippen LogP contribution in [0.15, 0.2) is 42.5 Å². The summed E-state index contributed by atoms with van der Waals surface area (Å²) in [5.74, 6) is -0.217. The molecule has 0 N–H and O–H groups in total. The van der Waals surface area contributed by atoms with Crippen molar-refractivity contribution in [3.8, 4) is 0 Å². The molecule has 0 saturated heterocycles. The highest BCUT2D eigenvalue weighted by Crippen LogP contribution is 2.20. The van der Waals surface area contributed by atoms with Crippen LogP contribution >= 0.6 is 0 Å². The molecule has 2 heteroatoms. The normalized spacial score (nSPS) is 12.3. The van der Waals surface area contributed by atoms with Crippen LogP contribution in [0.1, 0.15) is 49.9 Å². The smallest absolute Gasteiger partial charge is 0.339 e. The third-order valence-electron chi connectivity index (χ3n) is 3.53. The molecule has 0 fully saturated rings. The van der Waals surface area contributed by atoms with Gasteiger partial charge in [-0.3, -0.25) is 0 Å². The Morgan fingerprint density at radius 3 is 2.65 bits per heavy atom. The number of rotatable bonds is 6. The summed E-state index contributed by atoms with van der Waals surface area (Å²) in [4.78, 5) is 12.3. The molecule has 0 aliphatic heterocycles. The molecule has 2 rings (SSSR count). The Morgan fingerprint density at radius 2 is 1.85 bits per heavy atom. The van der Waals surface area contributed by atoms with Gasteiger partial charge in [0.2, 0.25) is 0 Å². The van der Waals surface area contributed by atoms with Gasteiger partial charge in [-0.05, 0) is 36.6 Å². The van der Waals surface area contributed by atoms with E-state index >= 15 is 0 Å². The molecule has 0 heterocycles. The fourth-order valence-corrected chi connectivity index (χ4v) is 2.39. The number of unbranched alkanes of at least 4 members (excludes halogenated alkanes) is 2. The first-order valence-electron chi connectivity index (χ1n) is 7.41. The lowest BCUT2D eigenvalue weighted by Gasteiger charge is -2.14. The minimum absolute atomic E-state index is 0.0204. The lowest BCUT2D eigenvalue weighted by molar-refractivity contribution is 0.0322. The topological polar surface area (TPSA) is 26.3 Å². The number of fused-ring (bicyclic) bond motifs is 1. The Morgan fingerprint density at radius 1 is 1.10 bits per heavy atom. The maximum Gasteiger partial charge on any atom is 0.339 e. The zero-order valence-corrected chi connectivity index (χ0v) is 12.3. The third kappa shape index (κ3) is 3.60. The largest absolute Gasteiger partial charge is 0.459 e. The second kappa shape index (κ2) is 7.09. The van der Waals surface area contributed by atoms with Crippen molar-refractivity contribution in [1.29, 1.82) is 0 Å². The molecule has 0 aliphatic rings. The molecule has 2 nitrogen and oxygen atoms in total. The van der Waals surface area contributed by atoms with Crippen molar-refractivity contribution in [2.24, 2.45) is 0 Å². The standard InChI is InChI=1S/C18H22O2/c1-3-4-5-9-14(2)20-18(19)17-13-8-11-15-10-6-7-12-16(15)17/h6-8,10-14H,3-5,9H2,1-2H3/t14-/m1/s1. The number of hydrogen-bond donors (Lipinski definition) is 0. The first-order chi connectivity index (χ1) is 9.72. The van der Waals surface area contributed by atoms with Gasteiger partial charge < -0.3 is 4.74 Å². The molecular formula is C18H22O2. The highest BCUT2D eigenvalue weighted by Gasteiger charge is 2.14. The van der Waals surface area contributed by atoms with Gasteiger partial charge in [-0.25, -0.2) is 4.79 Å². The highest BCUT2D eigenvalue weighted by molar-refractivity contribution is 6.04. The maximum atomic E-state index is 12.3. The number of hydrogen-bond acceptors (Lipinski definition) is 2. The minimum Gasteiger partial charge on any atom is -0.459 e. The van der Waals surface area contributed by atoms with Crippen molar-refractivity contribution >= 4 is 16.7 Å². The van der Waals surface area contributed by atoms with E-state index in [0.717, 1.165) is 23.6 Å². The number of esters is 1. The Bertz CT molecular complexity index is 569. The van der Waals surface area contributed by atoms with Crippen LogP contribution < -0.4 is 0 Å². The van der Waals surface area contributed by atoms with Gasteiger partial charge in [-0.2, -0.15) is 0 Å². The minimum atomic E-state index is -0.217. The monoisotopic (exact) mass is 270 g/mol. The van der Waals surface area contributed by atoms with Gasteiger partial charge in [-0.15, -0.1) is 0 Å². The van der Waals surface area contributed by atoms with Gasteiger partial charge in [0.25, 0.3) is 0 Å². The van der Waals surface area contributed by atoms with E-state index in [9.17, 15) is 4.79 Å².